The Labute approximate surface area is 95.8 Å². The zero-order valence-corrected chi connectivity index (χ0v) is 9.74. The first kappa shape index (κ1) is 14.9. The molecule has 0 aliphatic carbocycles. The zero-order chi connectivity index (χ0) is 12.4. The summed E-state index contributed by atoms with van der Waals surface area (Å²) in [6.45, 7) is 2.15. The van der Waals surface area contributed by atoms with Crippen LogP contribution in [0.15, 0.2) is 0 Å². The van der Waals surface area contributed by atoms with Gasteiger partial charge in [-0.2, -0.15) is 0 Å². The van der Waals surface area contributed by atoms with Gasteiger partial charge in [0.05, 0.1) is 6.54 Å². The predicted molar refractivity (Wildman–Crippen MR) is 61.0 cm³/mol. The van der Waals surface area contributed by atoms with Crippen LogP contribution in [-0.4, -0.2) is 55.1 Å². The summed E-state index contributed by atoms with van der Waals surface area (Å²) in [6.07, 6.45) is 1.42. The number of nitrogens with zero attached hydrogens (tertiary/aromatic N) is 1. The number of rotatable bonds is 9. The average molecular weight is 231 g/mol. The van der Waals surface area contributed by atoms with Gasteiger partial charge in [-0.3, -0.25) is 14.5 Å². The van der Waals surface area contributed by atoms with Crippen molar-refractivity contribution in [3.63, 3.8) is 0 Å². The summed E-state index contributed by atoms with van der Waals surface area (Å²) in [7, 11) is 1.85. The number of carbonyl (C=O) groups is 2. The third-order valence-corrected chi connectivity index (χ3v) is 2.05. The monoisotopic (exact) mass is 231 g/mol. The molecule has 0 radical (unpaired) electrons. The van der Waals surface area contributed by atoms with Gasteiger partial charge in [0.1, 0.15) is 0 Å². The number of hydrogen-bond donors (Lipinski definition) is 3. The maximum absolute atomic E-state index is 11.3. The number of nitrogens with one attached hydrogen (secondary N) is 1. The zero-order valence-electron chi connectivity index (χ0n) is 9.74. The lowest BCUT2D eigenvalue weighted by Crippen LogP contribution is -2.36. The summed E-state index contributed by atoms with van der Waals surface area (Å²) in [5.41, 5.74) is 5.35. The van der Waals surface area contributed by atoms with E-state index in [-0.39, 0.29) is 12.3 Å². The Balaban J connectivity index is 3.46. The number of nitrogens with two attached hydrogens (primary N) is 1. The van der Waals surface area contributed by atoms with E-state index in [0.29, 0.717) is 26.1 Å². The summed E-state index contributed by atoms with van der Waals surface area (Å²) in [6, 6.07) is 0. The molecule has 0 aliphatic heterocycles. The molecule has 16 heavy (non-hydrogen) atoms. The van der Waals surface area contributed by atoms with Crippen LogP contribution in [0.3, 0.4) is 0 Å². The number of carbonyl (C=O) groups excluding carboxylic acids is 1. The standard InChI is InChI=1S/C10H21N3O3/c1-13(7-3-5-11)8-9(14)12-6-2-4-10(15)16/h2-8,11H2,1H3,(H,12,14)(H,15,16). The Morgan fingerprint density at radius 2 is 2.06 bits per heavy atom. The molecule has 0 atom stereocenters. The summed E-state index contributed by atoms with van der Waals surface area (Å²) in [4.78, 5) is 23.4. The van der Waals surface area contributed by atoms with Gasteiger partial charge in [-0.1, -0.05) is 0 Å². The summed E-state index contributed by atoms with van der Waals surface area (Å²) < 4.78 is 0. The van der Waals surface area contributed by atoms with Gasteiger partial charge in [-0.05, 0) is 33.0 Å². The predicted octanol–water partition coefficient (Wildman–Crippen LogP) is -0.752. The Bertz CT molecular complexity index is 221. The number of amides is 1. The first-order valence-electron chi connectivity index (χ1n) is 5.43. The van der Waals surface area contributed by atoms with E-state index >= 15 is 0 Å². The molecule has 0 aliphatic rings. The summed E-state index contributed by atoms with van der Waals surface area (Å²) in [5, 5.41) is 11.1. The van der Waals surface area contributed by atoms with E-state index in [2.05, 4.69) is 5.32 Å². The molecule has 1 amide bonds. The molecule has 0 saturated heterocycles. The van der Waals surface area contributed by atoms with E-state index in [9.17, 15) is 9.59 Å². The van der Waals surface area contributed by atoms with Crippen LogP contribution in [0.5, 0.6) is 0 Å². The van der Waals surface area contributed by atoms with Gasteiger partial charge in [0.2, 0.25) is 5.91 Å². The summed E-state index contributed by atoms with van der Waals surface area (Å²) >= 11 is 0. The molecule has 4 N–H and O–H groups in total. The van der Waals surface area contributed by atoms with E-state index in [1.807, 2.05) is 11.9 Å². The molecule has 0 bridgehead atoms. The number of aliphatic carboxylic acids is 1. The lowest BCUT2D eigenvalue weighted by molar-refractivity contribution is -0.137. The Kier molecular flexibility index (Phi) is 8.46. The smallest absolute Gasteiger partial charge is 0.303 e. The number of likely N-dealkylation sites (N-methyl/N-ethyl adjacent to an activating group) is 1. The molecule has 6 nitrogen and oxygen atoms in total. The van der Waals surface area contributed by atoms with Crippen LogP contribution in [0.25, 0.3) is 0 Å². The highest BCUT2D eigenvalue weighted by Gasteiger charge is 2.05. The van der Waals surface area contributed by atoms with Gasteiger partial charge < -0.3 is 16.2 Å². The van der Waals surface area contributed by atoms with Crippen molar-refractivity contribution in [2.24, 2.45) is 5.73 Å². The molecule has 0 aromatic carbocycles. The minimum absolute atomic E-state index is 0.0788. The normalized spacial score (nSPS) is 10.4. The molecular formula is C10H21N3O3. The van der Waals surface area contributed by atoms with Crippen LogP contribution in [-0.2, 0) is 9.59 Å². The molecule has 0 spiro atoms. The molecule has 6 heteroatoms. The maximum atomic E-state index is 11.3. The fourth-order valence-corrected chi connectivity index (χ4v) is 1.21. The van der Waals surface area contributed by atoms with Crippen molar-refractivity contribution in [1.29, 1.82) is 0 Å². The molecular weight excluding hydrogens is 210 g/mol. The molecule has 0 heterocycles. The van der Waals surface area contributed by atoms with Crippen LogP contribution in [0.2, 0.25) is 0 Å². The Morgan fingerprint density at radius 3 is 2.62 bits per heavy atom. The van der Waals surface area contributed by atoms with Crippen molar-refractivity contribution in [3.05, 3.63) is 0 Å². The molecule has 0 unspecified atom stereocenters. The quantitative estimate of drug-likeness (QED) is 0.454. The van der Waals surface area contributed by atoms with Crippen LogP contribution in [0, 0.1) is 0 Å². The van der Waals surface area contributed by atoms with Gasteiger partial charge in [0.15, 0.2) is 0 Å². The lowest BCUT2D eigenvalue weighted by Gasteiger charge is -2.15. The van der Waals surface area contributed by atoms with Crippen LogP contribution in [0.4, 0.5) is 0 Å². The molecule has 0 rings (SSSR count). The van der Waals surface area contributed by atoms with E-state index < -0.39 is 5.97 Å². The van der Waals surface area contributed by atoms with E-state index in [4.69, 9.17) is 10.8 Å². The molecule has 94 valence electrons. The lowest BCUT2D eigenvalue weighted by atomic mass is 10.3. The molecule has 0 fully saturated rings. The van der Waals surface area contributed by atoms with Gasteiger partial charge in [0.25, 0.3) is 0 Å². The Morgan fingerprint density at radius 1 is 1.38 bits per heavy atom. The average Bonchev–Trinajstić information content (AvgIpc) is 2.21. The van der Waals surface area contributed by atoms with Crippen molar-refractivity contribution < 1.29 is 14.7 Å². The first-order chi connectivity index (χ1) is 7.56. The van der Waals surface area contributed by atoms with Crippen molar-refractivity contribution in [3.8, 4) is 0 Å². The highest BCUT2D eigenvalue weighted by atomic mass is 16.4. The van der Waals surface area contributed by atoms with Crippen molar-refractivity contribution in [2.45, 2.75) is 19.3 Å². The first-order valence-corrected chi connectivity index (χ1v) is 5.43. The van der Waals surface area contributed by atoms with E-state index in [1.165, 1.54) is 0 Å². The molecule has 0 aromatic heterocycles. The largest absolute Gasteiger partial charge is 0.481 e. The van der Waals surface area contributed by atoms with Gasteiger partial charge in [-0.15, -0.1) is 0 Å². The Hall–Kier alpha value is -1.14. The number of carboxylic acids is 1. The second-order valence-corrected chi connectivity index (χ2v) is 3.73. The minimum atomic E-state index is -0.839. The van der Waals surface area contributed by atoms with Gasteiger partial charge in [0, 0.05) is 13.0 Å². The SMILES string of the molecule is CN(CCCN)CC(=O)NCCCC(=O)O. The van der Waals surface area contributed by atoms with Gasteiger partial charge >= 0.3 is 5.97 Å². The van der Waals surface area contributed by atoms with Gasteiger partial charge in [-0.25, -0.2) is 0 Å². The number of hydrogen-bond acceptors (Lipinski definition) is 4. The topological polar surface area (TPSA) is 95.7 Å². The highest BCUT2D eigenvalue weighted by Crippen LogP contribution is 1.88. The van der Waals surface area contributed by atoms with Crippen molar-refractivity contribution in [2.75, 3.05) is 33.2 Å². The second kappa shape index (κ2) is 9.11. The third-order valence-electron chi connectivity index (χ3n) is 2.05. The minimum Gasteiger partial charge on any atom is -0.481 e. The fraction of sp³-hybridized carbons (Fsp3) is 0.800. The second-order valence-electron chi connectivity index (χ2n) is 3.73. The third kappa shape index (κ3) is 9.42. The van der Waals surface area contributed by atoms with Crippen LogP contribution >= 0.6 is 0 Å². The van der Waals surface area contributed by atoms with E-state index in [0.717, 1.165) is 13.0 Å². The summed E-state index contributed by atoms with van der Waals surface area (Å²) in [5.74, 6) is -0.917. The fourth-order valence-electron chi connectivity index (χ4n) is 1.21. The van der Waals surface area contributed by atoms with Crippen LogP contribution < -0.4 is 11.1 Å². The highest BCUT2D eigenvalue weighted by molar-refractivity contribution is 5.78. The number of carboxylic acid groups (broad SMARTS) is 1. The molecule has 0 saturated carbocycles. The van der Waals surface area contributed by atoms with Crippen molar-refractivity contribution in [1.82, 2.24) is 10.2 Å². The van der Waals surface area contributed by atoms with Crippen molar-refractivity contribution >= 4 is 11.9 Å². The maximum Gasteiger partial charge on any atom is 0.303 e. The van der Waals surface area contributed by atoms with E-state index in [1.54, 1.807) is 0 Å². The molecule has 0 aromatic rings. The van der Waals surface area contributed by atoms with Crippen LogP contribution in [0.1, 0.15) is 19.3 Å².